The number of carbonyl (C=O) groups is 2. The minimum atomic E-state index is -1.55. The van der Waals surface area contributed by atoms with E-state index in [9.17, 15) is 19.8 Å². The molecule has 0 aliphatic carbocycles. The maximum absolute atomic E-state index is 10.2. The number of carboxylic acids is 2. The van der Waals surface area contributed by atoms with E-state index < -0.39 is 17.9 Å². The second kappa shape index (κ2) is 12.0. The third kappa shape index (κ3) is 9.49. The fourth-order valence-corrected chi connectivity index (χ4v) is 0.930. The van der Waals surface area contributed by atoms with Gasteiger partial charge in [-0.05, 0) is 6.42 Å². The number of carbonyl (C=O) groups excluding carboxylic acids is 2. The SMILES string of the molecule is CCCCCC(C(=O)[O-])C(=O)[O-].[Na+].[Na+]. The van der Waals surface area contributed by atoms with E-state index in [1.54, 1.807) is 0 Å². The number of carboxylic acid groups (broad SMARTS) is 2. The monoisotopic (exact) mass is 218 g/mol. The summed E-state index contributed by atoms with van der Waals surface area (Å²) >= 11 is 0. The van der Waals surface area contributed by atoms with E-state index in [4.69, 9.17) is 0 Å². The van der Waals surface area contributed by atoms with E-state index in [2.05, 4.69) is 0 Å². The van der Waals surface area contributed by atoms with Gasteiger partial charge in [0.05, 0.1) is 11.9 Å². The van der Waals surface area contributed by atoms with Crippen molar-refractivity contribution < 1.29 is 78.9 Å². The Kier molecular flexibility index (Phi) is 17.5. The van der Waals surface area contributed by atoms with Crippen LogP contribution in [0.25, 0.3) is 0 Å². The molecule has 0 bridgehead atoms. The summed E-state index contributed by atoms with van der Waals surface area (Å²) in [6.07, 6.45) is 2.45. The zero-order valence-electron chi connectivity index (χ0n) is 9.04. The molecule has 0 aromatic carbocycles. The van der Waals surface area contributed by atoms with Gasteiger partial charge in [-0.25, -0.2) is 0 Å². The molecule has 0 unspecified atom stereocenters. The smallest absolute Gasteiger partial charge is 0.549 e. The maximum atomic E-state index is 10.2. The Morgan fingerprint density at radius 3 is 1.79 bits per heavy atom. The molecule has 0 saturated heterocycles. The van der Waals surface area contributed by atoms with Crippen molar-refractivity contribution in [1.29, 1.82) is 0 Å². The molecule has 0 atom stereocenters. The van der Waals surface area contributed by atoms with Crippen molar-refractivity contribution in [3.63, 3.8) is 0 Å². The van der Waals surface area contributed by atoms with Crippen LogP contribution in [0.4, 0.5) is 0 Å². The molecule has 70 valence electrons. The van der Waals surface area contributed by atoms with Gasteiger partial charge in [0, 0.05) is 5.92 Å². The molecule has 6 heteroatoms. The van der Waals surface area contributed by atoms with Crippen LogP contribution in [0, 0.1) is 5.92 Å². The minimum Gasteiger partial charge on any atom is -0.549 e. The Morgan fingerprint density at radius 2 is 1.50 bits per heavy atom. The summed E-state index contributed by atoms with van der Waals surface area (Å²) in [5.41, 5.74) is 0. The molecule has 0 saturated carbocycles. The van der Waals surface area contributed by atoms with Gasteiger partial charge in [-0.15, -0.1) is 0 Å². The number of rotatable bonds is 6. The summed E-state index contributed by atoms with van der Waals surface area (Å²) in [5.74, 6) is -4.55. The first kappa shape index (κ1) is 20.4. The predicted molar refractivity (Wildman–Crippen MR) is 37.6 cm³/mol. The summed E-state index contributed by atoms with van der Waals surface area (Å²) in [4.78, 5) is 20.4. The molecule has 0 radical (unpaired) electrons. The van der Waals surface area contributed by atoms with Crippen molar-refractivity contribution in [2.45, 2.75) is 32.6 Å². The number of unbranched alkanes of at least 4 members (excludes halogenated alkanes) is 2. The van der Waals surface area contributed by atoms with Crippen LogP contribution in [0.2, 0.25) is 0 Å². The molecule has 0 N–H and O–H groups in total. The van der Waals surface area contributed by atoms with Crippen LogP contribution < -0.4 is 69.3 Å². The van der Waals surface area contributed by atoms with Crippen molar-refractivity contribution in [1.82, 2.24) is 0 Å². The second-order valence-corrected chi connectivity index (χ2v) is 2.69. The first-order valence-corrected chi connectivity index (χ1v) is 4.01. The van der Waals surface area contributed by atoms with Crippen LogP contribution in [0.5, 0.6) is 0 Å². The van der Waals surface area contributed by atoms with Crippen LogP contribution in [-0.2, 0) is 9.59 Å². The summed E-state index contributed by atoms with van der Waals surface area (Å²) in [6.45, 7) is 1.95. The first-order valence-electron chi connectivity index (χ1n) is 4.01. The Labute approximate surface area is 128 Å². The fraction of sp³-hybridized carbons (Fsp3) is 0.750. The van der Waals surface area contributed by atoms with Gasteiger partial charge in [0.15, 0.2) is 0 Å². The number of hydrogen-bond acceptors (Lipinski definition) is 4. The largest absolute Gasteiger partial charge is 1.00 e. The van der Waals surface area contributed by atoms with Crippen LogP contribution >= 0.6 is 0 Å². The van der Waals surface area contributed by atoms with Crippen molar-refractivity contribution >= 4 is 11.9 Å². The van der Waals surface area contributed by atoms with Crippen LogP contribution in [0.1, 0.15) is 32.6 Å². The zero-order valence-corrected chi connectivity index (χ0v) is 13.0. The van der Waals surface area contributed by atoms with Gasteiger partial charge in [-0.2, -0.15) is 0 Å². The van der Waals surface area contributed by atoms with Gasteiger partial charge in [0.2, 0.25) is 0 Å². The summed E-state index contributed by atoms with van der Waals surface area (Å²) in [6, 6.07) is 0. The number of aliphatic carboxylic acids is 2. The average molecular weight is 218 g/mol. The summed E-state index contributed by atoms with van der Waals surface area (Å²) < 4.78 is 0. The van der Waals surface area contributed by atoms with Crippen LogP contribution in [0.15, 0.2) is 0 Å². The molecule has 0 aliphatic rings. The van der Waals surface area contributed by atoms with E-state index in [1.165, 1.54) is 0 Å². The molecule has 0 aromatic heterocycles. The summed E-state index contributed by atoms with van der Waals surface area (Å²) in [5, 5.41) is 20.4. The van der Waals surface area contributed by atoms with Gasteiger partial charge >= 0.3 is 59.1 Å². The average Bonchev–Trinajstić information content (AvgIpc) is 1.96. The van der Waals surface area contributed by atoms with Gasteiger partial charge in [0.1, 0.15) is 0 Å². The van der Waals surface area contributed by atoms with Gasteiger partial charge in [-0.3, -0.25) is 0 Å². The molecule has 0 amide bonds. The zero-order chi connectivity index (χ0) is 9.56. The van der Waals surface area contributed by atoms with Gasteiger partial charge in [0.25, 0.3) is 0 Å². The minimum absolute atomic E-state index is 0. The Morgan fingerprint density at radius 1 is 1.07 bits per heavy atom. The van der Waals surface area contributed by atoms with Gasteiger partial charge < -0.3 is 19.8 Å². The molecule has 0 spiro atoms. The predicted octanol–water partition coefficient (Wildman–Crippen LogP) is -7.31. The Balaban J connectivity index is -0.000000605. The molecular weight excluding hydrogens is 206 g/mol. The molecule has 14 heavy (non-hydrogen) atoms. The van der Waals surface area contributed by atoms with Crippen molar-refractivity contribution in [2.24, 2.45) is 5.92 Å². The van der Waals surface area contributed by atoms with E-state index in [-0.39, 0.29) is 65.5 Å². The second-order valence-electron chi connectivity index (χ2n) is 2.69. The fourth-order valence-electron chi connectivity index (χ4n) is 0.930. The summed E-state index contributed by atoms with van der Waals surface area (Å²) in [7, 11) is 0. The molecule has 0 heterocycles. The number of hydrogen-bond donors (Lipinski definition) is 0. The van der Waals surface area contributed by atoms with Gasteiger partial charge in [-0.1, -0.05) is 26.2 Å². The first-order chi connectivity index (χ1) is 5.59. The third-order valence-corrected chi connectivity index (χ3v) is 1.67. The molecule has 0 rings (SSSR count). The van der Waals surface area contributed by atoms with Crippen molar-refractivity contribution in [3.05, 3.63) is 0 Å². The Hall–Kier alpha value is 0.940. The van der Waals surface area contributed by atoms with Crippen molar-refractivity contribution in [2.75, 3.05) is 0 Å². The topological polar surface area (TPSA) is 80.3 Å². The molecular formula is C8H12Na2O4. The van der Waals surface area contributed by atoms with E-state index in [0.29, 0.717) is 6.42 Å². The maximum Gasteiger partial charge on any atom is 1.00 e. The van der Waals surface area contributed by atoms with Crippen LogP contribution in [0.3, 0.4) is 0 Å². The van der Waals surface area contributed by atoms with E-state index in [1.807, 2.05) is 6.92 Å². The molecule has 0 fully saturated rings. The normalized spacial score (nSPS) is 8.71. The molecule has 0 aliphatic heterocycles. The van der Waals surface area contributed by atoms with Crippen molar-refractivity contribution in [3.8, 4) is 0 Å². The molecule has 0 aromatic rings. The van der Waals surface area contributed by atoms with E-state index >= 15 is 0 Å². The Bertz CT molecular complexity index is 159. The quantitative estimate of drug-likeness (QED) is 0.252. The molecule has 4 nitrogen and oxygen atoms in total. The van der Waals surface area contributed by atoms with E-state index in [0.717, 1.165) is 12.8 Å². The standard InChI is InChI=1S/C8H14O4.2Na/c1-2-3-4-5-6(7(9)10)8(11)12;;/h6H,2-5H2,1H3,(H,9,10)(H,11,12);;/q;2*+1/p-2. The van der Waals surface area contributed by atoms with Crippen LogP contribution in [-0.4, -0.2) is 11.9 Å². The third-order valence-electron chi connectivity index (χ3n) is 1.67.